The predicted octanol–water partition coefficient (Wildman–Crippen LogP) is 8.19. The smallest absolute Gasteiger partial charge is 0.217 e. The minimum absolute atomic E-state index is 0.0439. The summed E-state index contributed by atoms with van der Waals surface area (Å²) in [4.78, 5) is -3.03. The van der Waals surface area contributed by atoms with Crippen molar-refractivity contribution in [3.05, 3.63) is 31.9 Å². The van der Waals surface area contributed by atoms with Crippen LogP contribution in [0.25, 0.3) is 5.69 Å². The molecule has 0 N–H and O–H groups in total. The van der Waals surface area contributed by atoms with Gasteiger partial charge in [-0.3, -0.25) is 0 Å². The van der Waals surface area contributed by atoms with Crippen molar-refractivity contribution in [1.29, 1.82) is 5.26 Å². The van der Waals surface area contributed by atoms with E-state index in [1.54, 1.807) is 0 Å². The molecule has 0 amide bonds. The molecule has 0 spiro atoms. The molecule has 0 unspecified atom stereocenters. The highest BCUT2D eigenvalue weighted by atomic mass is 79.9. The standard InChI is InChI=1S/C11H2Br2ClF8N3S2/c12-5-1-4(27(18,19,20,21)22)2-6(13)8(5)25-10(14)9(7(3-23)24-25)26-11(15,16)17/h1-2H. The van der Waals surface area contributed by atoms with Crippen molar-refractivity contribution in [2.75, 3.05) is 0 Å². The lowest BCUT2D eigenvalue weighted by Gasteiger charge is -2.40. The second-order valence-corrected chi connectivity index (χ2v) is 10.3. The number of alkyl halides is 3. The molecular weight excluding hydrogens is 586 g/mol. The average Bonchev–Trinajstić information content (AvgIpc) is 2.71. The molecule has 0 saturated carbocycles. The summed E-state index contributed by atoms with van der Waals surface area (Å²) in [7, 11) is -10.0. The third-order valence-corrected chi connectivity index (χ3v) is 6.38. The van der Waals surface area contributed by atoms with Gasteiger partial charge in [0.15, 0.2) is 5.69 Å². The van der Waals surface area contributed by atoms with Crippen molar-refractivity contribution < 1.29 is 32.6 Å². The number of thioether (sulfide) groups is 1. The van der Waals surface area contributed by atoms with Crippen LogP contribution in [0.1, 0.15) is 5.69 Å². The quantitative estimate of drug-likeness (QED) is 0.269. The van der Waals surface area contributed by atoms with Gasteiger partial charge >= 0.3 is 15.7 Å². The normalized spacial score (nSPS) is 15.2. The zero-order valence-electron chi connectivity index (χ0n) is 12.0. The number of aromatic nitrogens is 2. The maximum Gasteiger partial charge on any atom is 0.446 e. The largest absolute Gasteiger partial charge is 0.446 e. The summed E-state index contributed by atoms with van der Waals surface area (Å²) in [5.74, 6) is 0. The summed E-state index contributed by atoms with van der Waals surface area (Å²) in [6, 6.07) is 1.46. The lowest BCUT2D eigenvalue weighted by atomic mass is 10.3. The molecule has 1 heterocycles. The van der Waals surface area contributed by atoms with Crippen molar-refractivity contribution >= 4 is 65.4 Å². The Hall–Kier alpha value is -0.690. The van der Waals surface area contributed by atoms with E-state index >= 15 is 0 Å². The fraction of sp³-hybridized carbons (Fsp3) is 0.0909. The second-order valence-electron chi connectivity index (χ2n) is 4.74. The van der Waals surface area contributed by atoms with E-state index in [2.05, 4.69) is 37.0 Å². The first-order chi connectivity index (χ1) is 11.8. The van der Waals surface area contributed by atoms with Gasteiger partial charge in [-0.05, 0) is 55.8 Å². The SMILES string of the molecule is N#Cc1nn(-c2c(Br)cc(S(F)(F)(F)(F)F)cc2Br)c(Cl)c1SC(F)(F)F. The number of nitriles is 1. The fourth-order valence-electron chi connectivity index (χ4n) is 1.78. The van der Waals surface area contributed by atoms with E-state index in [-0.39, 0.29) is 12.1 Å². The summed E-state index contributed by atoms with van der Waals surface area (Å²) < 4.78 is 102. The molecule has 0 saturated heterocycles. The van der Waals surface area contributed by atoms with Gasteiger partial charge in [-0.2, -0.15) is 23.5 Å². The lowest BCUT2D eigenvalue weighted by molar-refractivity contribution is -0.0328. The van der Waals surface area contributed by atoms with E-state index in [1.165, 1.54) is 6.07 Å². The van der Waals surface area contributed by atoms with Gasteiger partial charge in [-0.15, -0.1) is 0 Å². The van der Waals surface area contributed by atoms with Crippen LogP contribution in [-0.2, 0) is 0 Å². The van der Waals surface area contributed by atoms with Crippen LogP contribution >= 0.6 is 65.4 Å². The summed E-state index contributed by atoms with van der Waals surface area (Å²) in [6.07, 6.45) is 0. The number of hydrogen-bond acceptors (Lipinski definition) is 3. The number of hydrogen-bond donors (Lipinski definition) is 0. The lowest BCUT2D eigenvalue weighted by Crippen LogP contribution is -2.08. The van der Waals surface area contributed by atoms with E-state index < -0.39 is 62.8 Å². The molecule has 2 rings (SSSR count). The van der Waals surface area contributed by atoms with E-state index in [9.17, 15) is 32.6 Å². The molecule has 0 fully saturated rings. The maximum atomic E-state index is 13.0. The third kappa shape index (κ3) is 5.03. The molecule has 1 aromatic heterocycles. The van der Waals surface area contributed by atoms with Crippen molar-refractivity contribution in [3.63, 3.8) is 0 Å². The van der Waals surface area contributed by atoms with Crippen LogP contribution in [0.2, 0.25) is 5.15 Å². The van der Waals surface area contributed by atoms with Crippen LogP contribution in [-0.4, -0.2) is 15.3 Å². The Morgan fingerprint density at radius 2 is 1.59 bits per heavy atom. The second kappa shape index (κ2) is 6.15. The van der Waals surface area contributed by atoms with Gasteiger partial charge in [0.25, 0.3) is 0 Å². The van der Waals surface area contributed by atoms with Gasteiger partial charge in [0.1, 0.15) is 16.1 Å². The Balaban J connectivity index is 2.73. The highest BCUT2D eigenvalue weighted by molar-refractivity contribution is 9.11. The molecule has 0 aliphatic carbocycles. The number of nitrogens with zero attached hydrogens (tertiary/aromatic N) is 3. The van der Waals surface area contributed by atoms with Gasteiger partial charge in [0.2, 0.25) is 0 Å². The molecular formula is C11H2Br2ClF8N3S2. The van der Waals surface area contributed by atoms with Crippen LogP contribution in [0.3, 0.4) is 0 Å². The first kappa shape index (κ1) is 22.6. The molecule has 0 bridgehead atoms. The summed E-state index contributed by atoms with van der Waals surface area (Å²) in [5.41, 5.74) is -5.99. The van der Waals surface area contributed by atoms with Gasteiger partial charge < -0.3 is 0 Å². The minimum Gasteiger partial charge on any atom is -0.217 e. The Kier molecular flexibility index (Phi) is 5.15. The first-order valence-electron chi connectivity index (χ1n) is 6.02. The predicted molar refractivity (Wildman–Crippen MR) is 92.0 cm³/mol. The molecule has 27 heavy (non-hydrogen) atoms. The number of benzene rings is 1. The van der Waals surface area contributed by atoms with E-state index in [0.29, 0.717) is 4.68 Å². The number of rotatable bonds is 3. The van der Waals surface area contributed by atoms with Crippen molar-refractivity contribution in [1.82, 2.24) is 9.78 Å². The monoisotopic (exact) mass is 585 g/mol. The maximum absolute atomic E-state index is 13.0. The molecule has 3 nitrogen and oxygen atoms in total. The van der Waals surface area contributed by atoms with Gasteiger partial charge in [-0.1, -0.05) is 31.0 Å². The molecule has 2 aromatic rings. The summed E-state index contributed by atoms with van der Waals surface area (Å²) in [6.45, 7) is 0. The van der Waals surface area contributed by atoms with Gasteiger partial charge in [0, 0.05) is 8.95 Å². The Labute approximate surface area is 171 Å². The van der Waals surface area contributed by atoms with Crippen molar-refractivity contribution in [2.24, 2.45) is 0 Å². The van der Waals surface area contributed by atoms with Gasteiger partial charge in [0.05, 0.1) is 10.6 Å². The van der Waals surface area contributed by atoms with Crippen molar-refractivity contribution in [3.8, 4) is 11.8 Å². The van der Waals surface area contributed by atoms with Crippen molar-refractivity contribution in [2.45, 2.75) is 15.3 Å². The van der Waals surface area contributed by atoms with E-state index in [0.717, 1.165) is 0 Å². The Morgan fingerprint density at radius 1 is 1.11 bits per heavy atom. The van der Waals surface area contributed by atoms with Crippen LogP contribution in [0.15, 0.2) is 30.9 Å². The molecule has 0 aliphatic heterocycles. The van der Waals surface area contributed by atoms with Gasteiger partial charge in [-0.25, -0.2) is 4.68 Å². The molecule has 0 radical (unpaired) electrons. The molecule has 1 aromatic carbocycles. The van der Waals surface area contributed by atoms with E-state index in [4.69, 9.17) is 16.9 Å². The summed E-state index contributed by atoms with van der Waals surface area (Å²) >= 11 is 10.4. The summed E-state index contributed by atoms with van der Waals surface area (Å²) in [5, 5.41) is 11.7. The topological polar surface area (TPSA) is 41.6 Å². The Morgan fingerprint density at radius 3 is 1.96 bits per heavy atom. The number of halogens is 11. The first-order valence-corrected chi connectivity index (χ1v) is 10.7. The Bertz CT molecular complexity index is 958. The molecule has 0 aliphatic rings. The average molecular weight is 588 g/mol. The molecule has 150 valence electrons. The highest BCUT2D eigenvalue weighted by Crippen LogP contribution is 3.02. The van der Waals surface area contributed by atoms with E-state index in [1.807, 2.05) is 0 Å². The minimum atomic E-state index is -10.0. The molecule has 16 heteroatoms. The van der Waals surface area contributed by atoms with Crippen LogP contribution in [0.4, 0.5) is 32.6 Å². The fourth-order valence-corrected chi connectivity index (χ4v) is 5.20. The highest BCUT2D eigenvalue weighted by Gasteiger charge is 2.65. The zero-order valence-corrected chi connectivity index (χ0v) is 17.5. The van der Waals surface area contributed by atoms with Crippen LogP contribution in [0.5, 0.6) is 0 Å². The zero-order chi connectivity index (χ0) is 21.1. The third-order valence-electron chi connectivity index (χ3n) is 2.76. The molecule has 0 atom stereocenters. The van der Waals surface area contributed by atoms with Crippen LogP contribution in [0, 0.1) is 11.3 Å². The van der Waals surface area contributed by atoms with Crippen LogP contribution < -0.4 is 0 Å².